The van der Waals surface area contributed by atoms with Crippen molar-refractivity contribution in [2.75, 3.05) is 20.1 Å². The van der Waals surface area contributed by atoms with Crippen LogP contribution in [0.2, 0.25) is 0 Å². The molecule has 15 heavy (non-hydrogen) atoms. The predicted octanol–water partition coefficient (Wildman–Crippen LogP) is 1.29. The van der Waals surface area contributed by atoms with Crippen LogP contribution in [0, 0.1) is 0 Å². The first-order chi connectivity index (χ1) is 7.22. The average molecular weight is 207 g/mol. The summed E-state index contributed by atoms with van der Waals surface area (Å²) >= 11 is 0. The molecule has 0 amide bonds. The maximum absolute atomic E-state index is 5.89. The standard InChI is InChI=1S/C12H21N3/c1-3-11(13)10-15(2)9-7-12-6-4-5-8-14-12/h4-6,8,11H,3,7,9-10,13H2,1-2H3. The molecule has 3 heteroatoms. The van der Waals surface area contributed by atoms with Gasteiger partial charge in [-0.2, -0.15) is 0 Å². The second-order valence-electron chi connectivity index (χ2n) is 4.00. The van der Waals surface area contributed by atoms with E-state index in [0.717, 1.165) is 31.6 Å². The summed E-state index contributed by atoms with van der Waals surface area (Å²) in [6.45, 7) is 4.10. The highest BCUT2D eigenvalue weighted by atomic mass is 15.1. The van der Waals surface area contributed by atoms with Crippen LogP contribution in [0.5, 0.6) is 0 Å². The highest BCUT2D eigenvalue weighted by Gasteiger charge is 2.04. The first kappa shape index (κ1) is 12.1. The van der Waals surface area contributed by atoms with E-state index in [0.29, 0.717) is 6.04 Å². The molecule has 0 fully saturated rings. The number of nitrogens with two attached hydrogens (primary N) is 1. The Morgan fingerprint density at radius 2 is 2.27 bits per heavy atom. The summed E-state index contributed by atoms with van der Waals surface area (Å²) < 4.78 is 0. The summed E-state index contributed by atoms with van der Waals surface area (Å²) in [4.78, 5) is 6.56. The number of hydrogen-bond donors (Lipinski definition) is 1. The third-order valence-corrected chi connectivity index (χ3v) is 2.55. The van der Waals surface area contributed by atoms with Crippen molar-refractivity contribution >= 4 is 0 Å². The molecule has 1 heterocycles. The third kappa shape index (κ3) is 4.91. The molecular formula is C12H21N3. The molecule has 84 valence electrons. The van der Waals surface area contributed by atoms with Crippen molar-refractivity contribution in [2.45, 2.75) is 25.8 Å². The Hall–Kier alpha value is -0.930. The Morgan fingerprint density at radius 3 is 2.87 bits per heavy atom. The molecule has 3 nitrogen and oxygen atoms in total. The van der Waals surface area contributed by atoms with Gasteiger partial charge in [-0.3, -0.25) is 4.98 Å². The Kier molecular flexibility index (Phi) is 5.29. The number of hydrogen-bond acceptors (Lipinski definition) is 3. The van der Waals surface area contributed by atoms with Gasteiger partial charge in [0, 0.05) is 37.4 Å². The fourth-order valence-corrected chi connectivity index (χ4v) is 1.47. The molecule has 0 spiro atoms. The molecule has 0 aromatic carbocycles. The molecule has 1 aromatic rings. The lowest BCUT2D eigenvalue weighted by Gasteiger charge is -2.19. The average Bonchev–Trinajstić information content (AvgIpc) is 2.27. The van der Waals surface area contributed by atoms with Gasteiger partial charge >= 0.3 is 0 Å². The van der Waals surface area contributed by atoms with Gasteiger partial charge in [0.05, 0.1) is 0 Å². The third-order valence-electron chi connectivity index (χ3n) is 2.55. The van der Waals surface area contributed by atoms with Gasteiger partial charge in [-0.15, -0.1) is 0 Å². The number of aromatic nitrogens is 1. The van der Waals surface area contributed by atoms with E-state index in [1.165, 1.54) is 0 Å². The predicted molar refractivity (Wildman–Crippen MR) is 63.7 cm³/mol. The van der Waals surface area contributed by atoms with E-state index >= 15 is 0 Å². The number of rotatable bonds is 6. The zero-order chi connectivity index (χ0) is 11.1. The lowest BCUT2D eigenvalue weighted by Crippen LogP contribution is -2.35. The smallest absolute Gasteiger partial charge is 0.0416 e. The van der Waals surface area contributed by atoms with Crippen LogP contribution in [-0.2, 0) is 6.42 Å². The molecule has 0 saturated heterocycles. The summed E-state index contributed by atoms with van der Waals surface area (Å²) in [5, 5.41) is 0. The lowest BCUT2D eigenvalue weighted by molar-refractivity contribution is 0.310. The normalized spacial score (nSPS) is 13.1. The van der Waals surface area contributed by atoms with Gasteiger partial charge in [-0.25, -0.2) is 0 Å². The molecule has 0 aliphatic heterocycles. The second-order valence-corrected chi connectivity index (χ2v) is 4.00. The molecule has 0 aliphatic rings. The number of pyridine rings is 1. The monoisotopic (exact) mass is 207 g/mol. The molecule has 0 aliphatic carbocycles. The van der Waals surface area contributed by atoms with Gasteiger partial charge in [0.15, 0.2) is 0 Å². The highest BCUT2D eigenvalue weighted by Crippen LogP contribution is 1.97. The van der Waals surface area contributed by atoms with Crippen LogP contribution in [0.4, 0.5) is 0 Å². The molecule has 0 bridgehead atoms. The molecule has 1 aromatic heterocycles. The Labute approximate surface area is 92.3 Å². The van der Waals surface area contributed by atoms with E-state index in [1.54, 1.807) is 0 Å². The van der Waals surface area contributed by atoms with Crippen LogP contribution in [0.25, 0.3) is 0 Å². The molecule has 0 radical (unpaired) electrons. The molecule has 1 atom stereocenters. The van der Waals surface area contributed by atoms with Crippen LogP contribution in [0.15, 0.2) is 24.4 Å². The fraction of sp³-hybridized carbons (Fsp3) is 0.583. The number of nitrogens with zero attached hydrogens (tertiary/aromatic N) is 2. The molecule has 1 unspecified atom stereocenters. The SMILES string of the molecule is CCC(N)CN(C)CCc1ccccn1. The van der Waals surface area contributed by atoms with Crippen LogP contribution >= 0.6 is 0 Å². The zero-order valence-corrected chi connectivity index (χ0v) is 9.69. The summed E-state index contributed by atoms with van der Waals surface area (Å²) in [6, 6.07) is 6.33. The minimum Gasteiger partial charge on any atom is -0.327 e. The molecule has 2 N–H and O–H groups in total. The van der Waals surface area contributed by atoms with Crippen LogP contribution < -0.4 is 5.73 Å². The second kappa shape index (κ2) is 6.53. The fourth-order valence-electron chi connectivity index (χ4n) is 1.47. The lowest BCUT2D eigenvalue weighted by atomic mass is 10.2. The van der Waals surface area contributed by atoms with Crippen molar-refractivity contribution in [3.8, 4) is 0 Å². The summed E-state index contributed by atoms with van der Waals surface area (Å²) in [5.74, 6) is 0. The topological polar surface area (TPSA) is 42.1 Å². The Morgan fingerprint density at radius 1 is 1.47 bits per heavy atom. The first-order valence-corrected chi connectivity index (χ1v) is 5.56. The number of likely N-dealkylation sites (N-methyl/N-ethyl adjacent to an activating group) is 1. The van der Waals surface area contributed by atoms with Gasteiger partial charge < -0.3 is 10.6 Å². The minimum atomic E-state index is 0.290. The van der Waals surface area contributed by atoms with Gasteiger partial charge in [0.2, 0.25) is 0 Å². The quantitative estimate of drug-likeness (QED) is 0.764. The largest absolute Gasteiger partial charge is 0.327 e. The summed E-state index contributed by atoms with van der Waals surface area (Å²) in [6.07, 6.45) is 3.87. The van der Waals surface area contributed by atoms with Gasteiger partial charge in [-0.05, 0) is 25.6 Å². The maximum Gasteiger partial charge on any atom is 0.0416 e. The van der Waals surface area contributed by atoms with Crippen molar-refractivity contribution in [2.24, 2.45) is 5.73 Å². The van der Waals surface area contributed by atoms with Crippen LogP contribution in [-0.4, -0.2) is 36.1 Å². The van der Waals surface area contributed by atoms with E-state index in [9.17, 15) is 0 Å². The first-order valence-electron chi connectivity index (χ1n) is 5.56. The van der Waals surface area contributed by atoms with Crippen molar-refractivity contribution < 1.29 is 0 Å². The minimum absolute atomic E-state index is 0.290. The molecule has 1 rings (SSSR count). The zero-order valence-electron chi connectivity index (χ0n) is 9.69. The van der Waals surface area contributed by atoms with Gasteiger partial charge in [0.1, 0.15) is 0 Å². The highest BCUT2D eigenvalue weighted by molar-refractivity contribution is 5.03. The van der Waals surface area contributed by atoms with Crippen molar-refractivity contribution in [3.05, 3.63) is 30.1 Å². The summed E-state index contributed by atoms with van der Waals surface area (Å²) in [7, 11) is 2.11. The van der Waals surface area contributed by atoms with Gasteiger partial charge in [-0.1, -0.05) is 13.0 Å². The Balaban J connectivity index is 2.25. The van der Waals surface area contributed by atoms with Crippen molar-refractivity contribution in [1.29, 1.82) is 0 Å². The van der Waals surface area contributed by atoms with Crippen molar-refractivity contribution in [1.82, 2.24) is 9.88 Å². The Bertz CT molecular complexity index is 261. The maximum atomic E-state index is 5.89. The van der Waals surface area contributed by atoms with E-state index < -0.39 is 0 Å². The van der Waals surface area contributed by atoms with Crippen LogP contribution in [0.1, 0.15) is 19.0 Å². The van der Waals surface area contributed by atoms with E-state index in [1.807, 2.05) is 18.3 Å². The molecule has 0 saturated carbocycles. The van der Waals surface area contributed by atoms with Crippen molar-refractivity contribution in [3.63, 3.8) is 0 Å². The summed E-state index contributed by atoms with van der Waals surface area (Å²) in [5.41, 5.74) is 7.03. The van der Waals surface area contributed by atoms with Crippen LogP contribution in [0.3, 0.4) is 0 Å². The van der Waals surface area contributed by atoms with E-state index in [-0.39, 0.29) is 0 Å². The van der Waals surface area contributed by atoms with Gasteiger partial charge in [0.25, 0.3) is 0 Å². The van der Waals surface area contributed by atoms with E-state index in [2.05, 4.69) is 29.9 Å². The molecular weight excluding hydrogens is 186 g/mol. The van der Waals surface area contributed by atoms with E-state index in [4.69, 9.17) is 5.73 Å².